The lowest BCUT2D eigenvalue weighted by atomic mass is 9.94. The molecule has 0 saturated heterocycles. The minimum atomic E-state index is 0.868. The minimum absolute atomic E-state index is 0.868. The van der Waals surface area contributed by atoms with Crippen LogP contribution in [0.15, 0.2) is 0 Å². The molecule has 0 heterocycles. The van der Waals surface area contributed by atoms with Gasteiger partial charge >= 0.3 is 0 Å². The second-order valence-corrected chi connectivity index (χ2v) is 3.88. The highest BCUT2D eigenvalue weighted by atomic mass is 15.1. The zero-order valence-electron chi connectivity index (χ0n) is 8.47. The summed E-state index contributed by atoms with van der Waals surface area (Å²) in [6.07, 6.45) is 7.17. The summed E-state index contributed by atoms with van der Waals surface area (Å²) in [5.41, 5.74) is 0. The third-order valence-corrected chi connectivity index (χ3v) is 2.91. The average molecular weight is 170 g/mol. The standard InChI is InChI=1S/C10H22N2/c1-11-8-9-12(2)10-6-4-3-5-7-10/h10-11H,3-9H2,1-2H3. The van der Waals surface area contributed by atoms with Gasteiger partial charge in [0.2, 0.25) is 0 Å². The molecule has 2 heteroatoms. The Bertz CT molecular complexity index is 108. The van der Waals surface area contributed by atoms with Crippen molar-refractivity contribution in [3.8, 4) is 0 Å². The topological polar surface area (TPSA) is 15.3 Å². The molecule has 0 amide bonds. The van der Waals surface area contributed by atoms with Crippen molar-refractivity contribution in [1.29, 1.82) is 0 Å². The molecule has 1 aliphatic carbocycles. The number of hydrogen-bond acceptors (Lipinski definition) is 2. The first kappa shape index (κ1) is 10.0. The first-order valence-electron chi connectivity index (χ1n) is 5.19. The van der Waals surface area contributed by atoms with Gasteiger partial charge in [-0.15, -0.1) is 0 Å². The molecule has 0 bridgehead atoms. The molecular formula is C10H22N2. The predicted molar refractivity (Wildman–Crippen MR) is 53.4 cm³/mol. The lowest BCUT2D eigenvalue weighted by Crippen LogP contribution is -2.37. The Morgan fingerprint density at radius 1 is 1.25 bits per heavy atom. The first-order valence-corrected chi connectivity index (χ1v) is 5.19. The summed E-state index contributed by atoms with van der Waals surface area (Å²) in [5.74, 6) is 0. The highest BCUT2D eigenvalue weighted by Crippen LogP contribution is 2.20. The van der Waals surface area contributed by atoms with Gasteiger partial charge in [0, 0.05) is 19.1 Å². The molecular weight excluding hydrogens is 148 g/mol. The summed E-state index contributed by atoms with van der Waals surface area (Å²) < 4.78 is 0. The third kappa shape index (κ3) is 3.11. The molecule has 1 rings (SSSR count). The molecule has 12 heavy (non-hydrogen) atoms. The predicted octanol–water partition coefficient (Wildman–Crippen LogP) is 1.47. The maximum Gasteiger partial charge on any atom is 0.0107 e. The van der Waals surface area contributed by atoms with Crippen molar-refractivity contribution < 1.29 is 0 Å². The van der Waals surface area contributed by atoms with Crippen LogP contribution in [0.4, 0.5) is 0 Å². The van der Waals surface area contributed by atoms with Crippen molar-refractivity contribution >= 4 is 0 Å². The molecule has 0 aromatic heterocycles. The lowest BCUT2D eigenvalue weighted by molar-refractivity contribution is 0.193. The van der Waals surface area contributed by atoms with Crippen molar-refractivity contribution in [2.75, 3.05) is 27.2 Å². The quantitative estimate of drug-likeness (QED) is 0.687. The maximum absolute atomic E-state index is 3.20. The van der Waals surface area contributed by atoms with Crippen LogP contribution in [0.3, 0.4) is 0 Å². The van der Waals surface area contributed by atoms with E-state index in [0.717, 1.165) is 12.6 Å². The molecule has 72 valence electrons. The molecule has 1 saturated carbocycles. The molecule has 1 N–H and O–H groups in total. The smallest absolute Gasteiger partial charge is 0.0107 e. The van der Waals surface area contributed by atoms with E-state index in [0.29, 0.717) is 0 Å². The Balaban J connectivity index is 2.15. The largest absolute Gasteiger partial charge is 0.318 e. The van der Waals surface area contributed by atoms with Gasteiger partial charge in [0.25, 0.3) is 0 Å². The molecule has 0 unspecified atom stereocenters. The fraction of sp³-hybridized carbons (Fsp3) is 1.00. The van der Waals surface area contributed by atoms with Crippen LogP contribution in [0.2, 0.25) is 0 Å². The van der Waals surface area contributed by atoms with E-state index in [1.807, 2.05) is 7.05 Å². The summed E-state index contributed by atoms with van der Waals surface area (Å²) in [5, 5.41) is 3.20. The number of likely N-dealkylation sites (N-methyl/N-ethyl adjacent to an activating group) is 2. The lowest BCUT2D eigenvalue weighted by Gasteiger charge is -2.31. The van der Waals surface area contributed by atoms with Crippen LogP contribution in [-0.4, -0.2) is 38.1 Å². The fourth-order valence-electron chi connectivity index (χ4n) is 1.99. The summed E-state index contributed by atoms with van der Waals surface area (Å²) in [6, 6.07) is 0.868. The zero-order valence-corrected chi connectivity index (χ0v) is 8.47. The minimum Gasteiger partial charge on any atom is -0.318 e. The molecule has 2 nitrogen and oxygen atoms in total. The van der Waals surface area contributed by atoms with Crippen molar-refractivity contribution in [2.24, 2.45) is 0 Å². The Hall–Kier alpha value is -0.0800. The van der Waals surface area contributed by atoms with Crippen LogP contribution in [0, 0.1) is 0 Å². The SMILES string of the molecule is CNCCN(C)C1CCCCC1. The van der Waals surface area contributed by atoms with E-state index in [4.69, 9.17) is 0 Å². The molecule has 0 aromatic carbocycles. The van der Waals surface area contributed by atoms with E-state index in [9.17, 15) is 0 Å². The van der Waals surface area contributed by atoms with E-state index >= 15 is 0 Å². The van der Waals surface area contributed by atoms with E-state index in [1.54, 1.807) is 0 Å². The summed E-state index contributed by atoms with van der Waals surface area (Å²) in [6.45, 7) is 2.31. The van der Waals surface area contributed by atoms with Crippen LogP contribution in [0.25, 0.3) is 0 Å². The molecule has 1 fully saturated rings. The van der Waals surface area contributed by atoms with Crippen molar-refractivity contribution in [3.63, 3.8) is 0 Å². The van der Waals surface area contributed by atoms with E-state index in [-0.39, 0.29) is 0 Å². The summed E-state index contributed by atoms with van der Waals surface area (Å²) in [7, 11) is 4.28. The second kappa shape index (κ2) is 5.55. The molecule has 0 atom stereocenters. The van der Waals surface area contributed by atoms with E-state index in [1.165, 1.54) is 38.6 Å². The Morgan fingerprint density at radius 3 is 2.50 bits per heavy atom. The van der Waals surface area contributed by atoms with Gasteiger partial charge in [-0.05, 0) is 26.9 Å². The number of hydrogen-bond donors (Lipinski definition) is 1. The molecule has 0 spiro atoms. The molecule has 0 radical (unpaired) electrons. The van der Waals surface area contributed by atoms with Gasteiger partial charge < -0.3 is 10.2 Å². The van der Waals surface area contributed by atoms with Crippen molar-refractivity contribution in [2.45, 2.75) is 38.1 Å². The Kier molecular flexibility index (Phi) is 4.62. The third-order valence-electron chi connectivity index (χ3n) is 2.91. The molecule has 1 aliphatic rings. The van der Waals surface area contributed by atoms with E-state index < -0.39 is 0 Å². The highest BCUT2D eigenvalue weighted by Gasteiger charge is 2.16. The van der Waals surface area contributed by atoms with Crippen LogP contribution < -0.4 is 5.32 Å². The normalized spacial score (nSPS) is 20.2. The monoisotopic (exact) mass is 170 g/mol. The van der Waals surface area contributed by atoms with Gasteiger partial charge in [0.1, 0.15) is 0 Å². The maximum atomic E-state index is 3.20. The molecule has 0 aliphatic heterocycles. The molecule has 0 aromatic rings. The van der Waals surface area contributed by atoms with Gasteiger partial charge in [-0.2, -0.15) is 0 Å². The van der Waals surface area contributed by atoms with Crippen molar-refractivity contribution in [1.82, 2.24) is 10.2 Å². The van der Waals surface area contributed by atoms with Crippen LogP contribution in [0.5, 0.6) is 0 Å². The number of nitrogens with one attached hydrogen (secondary N) is 1. The number of rotatable bonds is 4. The van der Waals surface area contributed by atoms with E-state index in [2.05, 4.69) is 17.3 Å². The fourth-order valence-corrected chi connectivity index (χ4v) is 1.99. The first-order chi connectivity index (χ1) is 5.84. The van der Waals surface area contributed by atoms with Crippen LogP contribution in [0.1, 0.15) is 32.1 Å². The second-order valence-electron chi connectivity index (χ2n) is 3.88. The Labute approximate surface area is 76.3 Å². The summed E-state index contributed by atoms with van der Waals surface area (Å²) in [4.78, 5) is 2.51. The highest BCUT2D eigenvalue weighted by molar-refractivity contribution is 4.73. The van der Waals surface area contributed by atoms with Gasteiger partial charge in [0.15, 0.2) is 0 Å². The Morgan fingerprint density at radius 2 is 1.92 bits per heavy atom. The van der Waals surface area contributed by atoms with Crippen LogP contribution in [-0.2, 0) is 0 Å². The van der Waals surface area contributed by atoms with Gasteiger partial charge in [-0.1, -0.05) is 19.3 Å². The zero-order chi connectivity index (χ0) is 8.81. The summed E-state index contributed by atoms with van der Waals surface area (Å²) >= 11 is 0. The van der Waals surface area contributed by atoms with Crippen molar-refractivity contribution in [3.05, 3.63) is 0 Å². The van der Waals surface area contributed by atoms with Gasteiger partial charge in [-0.25, -0.2) is 0 Å². The van der Waals surface area contributed by atoms with Gasteiger partial charge in [-0.3, -0.25) is 0 Å². The van der Waals surface area contributed by atoms with Gasteiger partial charge in [0.05, 0.1) is 0 Å². The average Bonchev–Trinajstić information content (AvgIpc) is 2.15. The van der Waals surface area contributed by atoms with Crippen LogP contribution >= 0.6 is 0 Å². The number of nitrogens with zero attached hydrogens (tertiary/aromatic N) is 1.